The summed E-state index contributed by atoms with van der Waals surface area (Å²) in [5.74, 6) is 2.66. The summed E-state index contributed by atoms with van der Waals surface area (Å²) in [5, 5.41) is 4.07. The third kappa shape index (κ3) is 5.11. The Morgan fingerprint density at radius 1 is 1.29 bits per heavy atom. The van der Waals surface area contributed by atoms with Gasteiger partial charge in [0.2, 0.25) is 0 Å². The van der Waals surface area contributed by atoms with E-state index in [1.807, 2.05) is 11.8 Å². The molecule has 0 spiro atoms. The molecule has 0 bridgehead atoms. The average Bonchev–Trinajstić information content (AvgIpc) is 2.51. The van der Waals surface area contributed by atoms with Crippen molar-refractivity contribution >= 4 is 33.5 Å². The van der Waals surface area contributed by atoms with Crippen LogP contribution in [0.2, 0.25) is 0 Å². The third-order valence-corrected chi connectivity index (χ3v) is 5.79. The van der Waals surface area contributed by atoms with Crippen molar-refractivity contribution in [2.24, 2.45) is 0 Å². The topological polar surface area (TPSA) is 47.0 Å². The number of aromatic nitrogens is 2. The van der Waals surface area contributed by atoms with Gasteiger partial charge in [-0.2, -0.15) is 11.8 Å². The minimum absolute atomic E-state index is 0.503. The summed E-state index contributed by atoms with van der Waals surface area (Å²) in [4.78, 5) is 9.29. The second-order valence-electron chi connectivity index (χ2n) is 5.28. The van der Waals surface area contributed by atoms with E-state index in [1.165, 1.54) is 32.1 Å². The first-order valence-electron chi connectivity index (χ1n) is 7.64. The predicted octanol–water partition coefficient (Wildman–Crippen LogP) is 4.38. The lowest BCUT2D eigenvalue weighted by atomic mass is 10.0. The number of nitrogens with one attached hydrogen (secondary N) is 1. The van der Waals surface area contributed by atoms with Gasteiger partial charge in [0.05, 0.1) is 22.5 Å². The van der Waals surface area contributed by atoms with Crippen molar-refractivity contribution in [2.75, 3.05) is 19.0 Å². The van der Waals surface area contributed by atoms with E-state index < -0.39 is 0 Å². The molecule has 0 amide bonds. The molecule has 0 saturated heterocycles. The fraction of sp³-hybridized carbons (Fsp3) is 0.733. The molecule has 21 heavy (non-hydrogen) atoms. The SMILES string of the molecule is CCNc1nc(CSC2CCCCC2)nc(COC)c1Br. The van der Waals surface area contributed by atoms with E-state index >= 15 is 0 Å². The van der Waals surface area contributed by atoms with Crippen molar-refractivity contribution in [1.29, 1.82) is 0 Å². The zero-order valence-corrected chi connectivity index (χ0v) is 15.2. The van der Waals surface area contributed by atoms with Crippen molar-refractivity contribution in [3.63, 3.8) is 0 Å². The molecular weight excluding hydrogens is 350 g/mol. The molecule has 0 aliphatic heterocycles. The summed E-state index contributed by atoms with van der Waals surface area (Å²) in [6.45, 7) is 3.42. The van der Waals surface area contributed by atoms with Gasteiger partial charge in [-0.15, -0.1) is 0 Å². The molecule has 1 aromatic rings. The maximum absolute atomic E-state index is 5.24. The summed E-state index contributed by atoms with van der Waals surface area (Å²) in [6, 6.07) is 0. The summed E-state index contributed by atoms with van der Waals surface area (Å²) < 4.78 is 6.15. The van der Waals surface area contributed by atoms with E-state index in [4.69, 9.17) is 4.74 Å². The van der Waals surface area contributed by atoms with E-state index in [0.717, 1.165) is 39.4 Å². The van der Waals surface area contributed by atoms with E-state index in [0.29, 0.717) is 6.61 Å². The van der Waals surface area contributed by atoms with Crippen LogP contribution in [-0.2, 0) is 17.1 Å². The van der Waals surface area contributed by atoms with Crippen LogP contribution >= 0.6 is 27.7 Å². The Hall–Kier alpha value is -0.330. The third-order valence-electron chi connectivity index (χ3n) is 3.59. The van der Waals surface area contributed by atoms with Crippen LogP contribution in [0.4, 0.5) is 5.82 Å². The lowest BCUT2D eigenvalue weighted by Crippen LogP contribution is -2.11. The number of anilines is 1. The highest BCUT2D eigenvalue weighted by Crippen LogP contribution is 2.31. The molecule has 4 nitrogen and oxygen atoms in total. The Bertz CT molecular complexity index is 426. The van der Waals surface area contributed by atoms with E-state index in [1.54, 1.807) is 7.11 Å². The molecule has 1 heterocycles. The number of hydrogen-bond donors (Lipinski definition) is 1. The van der Waals surface area contributed by atoms with Gasteiger partial charge in [-0.1, -0.05) is 19.3 Å². The van der Waals surface area contributed by atoms with Gasteiger partial charge < -0.3 is 10.1 Å². The van der Waals surface area contributed by atoms with E-state index in [9.17, 15) is 0 Å². The van der Waals surface area contributed by atoms with Gasteiger partial charge in [0, 0.05) is 18.9 Å². The Morgan fingerprint density at radius 2 is 2.05 bits per heavy atom. The molecule has 0 radical (unpaired) electrons. The Balaban J connectivity index is 2.06. The van der Waals surface area contributed by atoms with Gasteiger partial charge in [0.15, 0.2) is 0 Å². The summed E-state index contributed by atoms with van der Waals surface area (Å²) in [5.41, 5.74) is 0.919. The van der Waals surface area contributed by atoms with Crippen molar-refractivity contribution in [3.05, 3.63) is 16.0 Å². The number of nitrogens with zero attached hydrogens (tertiary/aromatic N) is 2. The number of methoxy groups -OCH3 is 1. The molecule has 0 atom stereocenters. The van der Waals surface area contributed by atoms with Crippen LogP contribution in [0.15, 0.2) is 4.47 Å². The quantitative estimate of drug-likeness (QED) is 0.767. The van der Waals surface area contributed by atoms with Crippen LogP contribution in [-0.4, -0.2) is 28.9 Å². The molecule has 1 aliphatic rings. The molecule has 1 fully saturated rings. The fourth-order valence-corrected chi connectivity index (χ4v) is 4.16. The van der Waals surface area contributed by atoms with Crippen LogP contribution in [0.5, 0.6) is 0 Å². The van der Waals surface area contributed by atoms with Crippen LogP contribution in [0.25, 0.3) is 0 Å². The minimum atomic E-state index is 0.503. The molecule has 1 aliphatic carbocycles. The zero-order chi connectivity index (χ0) is 15.1. The van der Waals surface area contributed by atoms with Crippen molar-refractivity contribution < 1.29 is 4.74 Å². The predicted molar refractivity (Wildman–Crippen MR) is 92.8 cm³/mol. The van der Waals surface area contributed by atoms with Crippen molar-refractivity contribution in [3.8, 4) is 0 Å². The first-order valence-corrected chi connectivity index (χ1v) is 9.48. The minimum Gasteiger partial charge on any atom is -0.378 e. The number of thioether (sulfide) groups is 1. The van der Waals surface area contributed by atoms with Gasteiger partial charge >= 0.3 is 0 Å². The molecule has 118 valence electrons. The molecule has 1 aromatic heterocycles. The van der Waals surface area contributed by atoms with E-state index in [2.05, 4.69) is 38.1 Å². The van der Waals surface area contributed by atoms with Crippen LogP contribution in [0, 0.1) is 0 Å². The van der Waals surface area contributed by atoms with Gasteiger partial charge in [0.1, 0.15) is 11.6 Å². The maximum atomic E-state index is 5.24. The lowest BCUT2D eigenvalue weighted by molar-refractivity contribution is 0.180. The number of ether oxygens (including phenoxy) is 1. The molecular formula is C15H24BrN3OS. The lowest BCUT2D eigenvalue weighted by Gasteiger charge is -2.21. The highest BCUT2D eigenvalue weighted by Gasteiger charge is 2.16. The smallest absolute Gasteiger partial charge is 0.144 e. The molecule has 0 unspecified atom stereocenters. The standard InChI is InChI=1S/C15H24BrN3OS/c1-3-17-15-14(16)12(9-20-2)18-13(19-15)10-21-11-7-5-4-6-8-11/h11H,3-10H2,1-2H3,(H,17,18,19). The average molecular weight is 374 g/mol. The van der Waals surface area contributed by atoms with E-state index in [-0.39, 0.29) is 0 Å². The monoisotopic (exact) mass is 373 g/mol. The molecule has 1 saturated carbocycles. The van der Waals surface area contributed by atoms with Crippen molar-refractivity contribution in [2.45, 2.75) is 56.6 Å². The largest absolute Gasteiger partial charge is 0.378 e. The second-order valence-corrected chi connectivity index (χ2v) is 7.37. The van der Waals surface area contributed by atoms with Crippen molar-refractivity contribution in [1.82, 2.24) is 9.97 Å². The Kier molecular flexibility index (Phi) is 7.26. The molecule has 2 rings (SSSR count). The zero-order valence-electron chi connectivity index (χ0n) is 12.8. The highest BCUT2D eigenvalue weighted by atomic mass is 79.9. The van der Waals surface area contributed by atoms with Gasteiger partial charge in [-0.25, -0.2) is 9.97 Å². The Labute approximate surface area is 140 Å². The maximum Gasteiger partial charge on any atom is 0.144 e. The number of rotatable bonds is 7. The first kappa shape index (κ1) is 17.0. The number of hydrogen-bond acceptors (Lipinski definition) is 5. The van der Waals surface area contributed by atoms with Crippen LogP contribution < -0.4 is 5.32 Å². The fourth-order valence-electron chi connectivity index (χ4n) is 2.55. The summed E-state index contributed by atoms with van der Waals surface area (Å²) in [6.07, 6.45) is 6.82. The number of halogens is 1. The molecule has 6 heteroatoms. The summed E-state index contributed by atoms with van der Waals surface area (Å²) in [7, 11) is 1.69. The van der Waals surface area contributed by atoms with Gasteiger partial charge in [0.25, 0.3) is 0 Å². The van der Waals surface area contributed by atoms with Gasteiger partial charge in [-0.3, -0.25) is 0 Å². The molecule has 0 aromatic carbocycles. The van der Waals surface area contributed by atoms with Crippen LogP contribution in [0.1, 0.15) is 50.5 Å². The summed E-state index contributed by atoms with van der Waals surface area (Å²) >= 11 is 5.57. The first-order chi connectivity index (χ1) is 10.2. The van der Waals surface area contributed by atoms with Crippen LogP contribution in [0.3, 0.4) is 0 Å². The molecule has 1 N–H and O–H groups in total. The highest BCUT2D eigenvalue weighted by molar-refractivity contribution is 9.10. The van der Waals surface area contributed by atoms with Gasteiger partial charge in [-0.05, 0) is 35.7 Å². The Morgan fingerprint density at radius 3 is 2.71 bits per heavy atom. The second kappa shape index (κ2) is 8.96. The normalized spacial score (nSPS) is 16.1.